The molecule has 0 aliphatic carbocycles. The molecular weight excluding hydrogens is 184 g/mol. The first kappa shape index (κ1) is 9.45. The van der Waals surface area contributed by atoms with Crippen molar-refractivity contribution in [3.05, 3.63) is 0 Å². The molecule has 5 nitrogen and oxygen atoms in total. The highest BCUT2D eigenvalue weighted by atomic mass is 16.5. The van der Waals surface area contributed by atoms with E-state index in [4.69, 9.17) is 4.74 Å². The Morgan fingerprint density at radius 2 is 2.43 bits per heavy atom. The Bertz CT molecular complexity index is 248. The highest BCUT2D eigenvalue weighted by molar-refractivity contribution is 5.89. The van der Waals surface area contributed by atoms with E-state index in [0.29, 0.717) is 26.2 Å². The number of nitrogens with one attached hydrogen (secondary N) is 2. The lowest BCUT2D eigenvalue weighted by Gasteiger charge is -2.13. The topological polar surface area (TPSA) is 67.4 Å². The van der Waals surface area contributed by atoms with Gasteiger partial charge in [0.15, 0.2) is 0 Å². The summed E-state index contributed by atoms with van der Waals surface area (Å²) < 4.78 is 5.14. The van der Waals surface area contributed by atoms with Gasteiger partial charge in [0.1, 0.15) is 0 Å². The lowest BCUT2D eigenvalue weighted by Crippen LogP contribution is -2.39. The molecule has 2 aliphatic heterocycles. The van der Waals surface area contributed by atoms with Crippen LogP contribution in [0.3, 0.4) is 0 Å². The van der Waals surface area contributed by atoms with Crippen LogP contribution >= 0.6 is 0 Å². The van der Waals surface area contributed by atoms with Gasteiger partial charge in [-0.05, 0) is 6.42 Å². The van der Waals surface area contributed by atoms with E-state index < -0.39 is 0 Å². The molecule has 2 saturated heterocycles. The standard InChI is InChI=1S/C9H14N2O3/c12-8-3-6(4-10-8)9(13)11-7-1-2-14-5-7/h6-7H,1-5H2,(H,10,12)(H,11,13). The van der Waals surface area contributed by atoms with Crippen molar-refractivity contribution in [2.24, 2.45) is 5.92 Å². The van der Waals surface area contributed by atoms with Crippen LogP contribution < -0.4 is 10.6 Å². The summed E-state index contributed by atoms with van der Waals surface area (Å²) in [5.41, 5.74) is 0. The number of amides is 2. The second kappa shape index (κ2) is 3.96. The molecule has 2 unspecified atom stereocenters. The van der Waals surface area contributed by atoms with E-state index in [1.807, 2.05) is 0 Å². The van der Waals surface area contributed by atoms with Gasteiger partial charge < -0.3 is 15.4 Å². The highest BCUT2D eigenvalue weighted by Crippen LogP contribution is 2.11. The molecule has 2 N–H and O–H groups in total. The average molecular weight is 198 g/mol. The van der Waals surface area contributed by atoms with Crippen molar-refractivity contribution in [2.45, 2.75) is 18.9 Å². The largest absolute Gasteiger partial charge is 0.379 e. The van der Waals surface area contributed by atoms with Gasteiger partial charge in [0.05, 0.1) is 18.6 Å². The van der Waals surface area contributed by atoms with Crippen molar-refractivity contribution in [3.63, 3.8) is 0 Å². The maximum atomic E-state index is 11.6. The molecule has 0 radical (unpaired) electrons. The molecule has 2 amide bonds. The summed E-state index contributed by atoms with van der Waals surface area (Å²) in [6.07, 6.45) is 1.19. The van der Waals surface area contributed by atoms with E-state index in [2.05, 4.69) is 10.6 Å². The van der Waals surface area contributed by atoms with Crippen molar-refractivity contribution in [2.75, 3.05) is 19.8 Å². The number of hydrogen-bond acceptors (Lipinski definition) is 3. The van der Waals surface area contributed by atoms with E-state index in [1.165, 1.54) is 0 Å². The van der Waals surface area contributed by atoms with Crippen LogP contribution in [-0.4, -0.2) is 37.6 Å². The smallest absolute Gasteiger partial charge is 0.225 e. The predicted octanol–water partition coefficient (Wildman–Crippen LogP) is -0.972. The molecule has 2 atom stereocenters. The normalized spacial score (nSPS) is 31.6. The molecule has 0 aromatic carbocycles. The molecule has 0 spiro atoms. The second-order valence-electron chi connectivity index (χ2n) is 3.77. The maximum absolute atomic E-state index is 11.6. The molecule has 0 bridgehead atoms. The minimum Gasteiger partial charge on any atom is -0.379 e. The van der Waals surface area contributed by atoms with Crippen molar-refractivity contribution in [1.29, 1.82) is 0 Å². The van der Waals surface area contributed by atoms with Crippen LogP contribution in [0.25, 0.3) is 0 Å². The summed E-state index contributed by atoms with van der Waals surface area (Å²) in [6, 6.07) is 0.137. The van der Waals surface area contributed by atoms with E-state index in [0.717, 1.165) is 6.42 Å². The van der Waals surface area contributed by atoms with Crippen molar-refractivity contribution in [1.82, 2.24) is 10.6 Å². The van der Waals surface area contributed by atoms with Crippen LogP contribution in [0.1, 0.15) is 12.8 Å². The lowest BCUT2D eigenvalue weighted by atomic mass is 10.1. The minimum atomic E-state index is -0.192. The van der Waals surface area contributed by atoms with Crippen molar-refractivity contribution >= 4 is 11.8 Å². The van der Waals surface area contributed by atoms with Crippen LogP contribution in [-0.2, 0) is 14.3 Å². The minimum absolute atomic E-state index is 0.0288. The zero-order valence-corrected chi connectivity index (χ0v) is 7.91. The number of hydrogen-bond donors (Lipinski definition) is 2. The van der Waals surface area contributed by atoms with Gasteiger partial charge in [-0.15, -0.1) is 0 Å². The first-order valence-electron chi connectivity index (χ1n) is 4.90. The fourth-order valence-corrected chi connectivity index (χ4v) is 1.76. The van der Waals surface area contributed by atoms with Gasteiger partial charge in [-0.1, -0.05) is 0 Å². The quantitative estimate of drug-likeness (QED) is 0.599. The number of carbonyl (C=O) groups excluding carboxylic acids is 2. The fourth-order valence-electron chi connectivity index (χ4n) is 1.76. The molecular formula is C9H14N2O3. The summed E-state index contributed by atoms with van der Waals surface area (Å²) in [7, 11) is 0. The van der Waals surface area contributed by atoms with Gasteiger partial charge in [-0.3, -0.25) is 9.59 Å². The molecule has 2 rings (SSSR count). The average Bonchev–Trinajstić information content (AvgIpc) is 2.75. The fraction of sp³-hybridized carbons (Fsp3) is 0.778. The Balaban J connectivity index is 1.80. The summed E-state index contributed by atoms with van der Waals surface area (Å²) in [5.74, 6) is -0.255. The lowest BCUT2D eigenvalue weighted by molar-refractivity contribution is -0.127. The van der Waals surface area contributed by atoms with E-state index in [-0.39, 0.29) is 23.8 Å². The maximum Gasteiger partial charge on any atom is 0.225 e. The molecule has 2 aliphatic rings. The first-order chi connectivity index (χ1) is 6.75. The summed E-state index contributed by atoms with van der Waals surface area (Å²) in [4.78, 5) is 22.5. The summed E-state index contributed by atoms with van der Waals surface area (Å²) in [6.45, 7) is 1.78. The monoisotopic (exact) mass is 198 g/mol. The second-order valence-corrected chi connectivity index (χ2v) is 3.77. The Labute approximate surface area is 82.2 Å². The third-order valence-electron chi connectivity index (χ3n) is 2.62. The van der Waals surface area contributed by atoms with Gasteiger partial charge in [0, 0.05) is 19.6 Å². The zero-order chi connectivity index (χ0) is 9.97. The first-order valence-corrected chi connectivity index (χ1v) is 4.90. The Morgan fingerprint density at radius 1 is 1.57 bits per heavy atom. The molecule has 5 heteroatoms. The van der Waals surface area contributed by atoms with Gasteiger partial charge in [0.2, 0.25) is 11.8 Å². The third-order valence-corrected chi connectivity index (χ3v) is 2.62. The Kier molecular flexibility index (Phi) is 2.67. The van der Waals surface area contributed by atoms with Gasteiger partial charge in [-0.2, -0.15) is 0 Å². The molecule has 0 saturated carbocycles. The van der Waals surface area contributed by atoms with Crippen LogP contribution in [0.5, 0.6) is 0 Å². The highest BCUT2D eigenvalue weighted by Gasteiger charge is 2.29. The van der Waals surface area contributed by atoms with Crippen LogP contribution in [0.4, 0.5) is 0 Å². The summed E-state index contributed by atoms with van der Waals surface area (Å²) >= 11 is 0. The Morgan fingerprint density at radius 3 is 3.00 bits per heavy atom. The number of rotatable bonds is 2. The molecule has 14 heavy (non-hydrogen) atoms. The molecule has 0 aromatic heterocycles. The van der Waals surface area contributed by atoms with Crippen LogP contribution in [0.15, 0.2) is 0 Å². The zero-order valence-electron chi connectivity index (χ0n) is 7.91. The summed E-state index contributed by atoms with van der Waals surface area (Å²) in [5, 5.41) is 5.53. The van der Waals surface area contributed by atoms with Gasteiger partial charge in [-0.25, -0.2) is 0 Å². The van der Waals surface area contributed by atoms with Crippen LogP contribution in [0, 0.1) is 5.92 Å². The van der Waals surface area contributed by atoms with Gasteiger partial charge in [0.25, 0.3) is 0 Å². The van der Waals surface area contributed by atoms with Crippen LogP contribution in [0.2, 0.25) is 0 Å². The molecule has 0 aromatic rings. The third kappa shape index (κ3) is 2.04. The number of carbonyl (C=O) groups is 2. The van der Waals surface area contributed by atoms with Crippen molar-refractivity contribution in [3.8, 4) is 0 Å². The SMILES string of the molecule is O=C1CC(C(=O)NC2CCOC2)CN1. The van der Waals surface area contributed by atoms with E-state index in [9.17, 15) is 9.59 Å². The van der Waals surface area contributed by atoms with Crippen molar-refractivity contribution < 1.29 is 14.3 Å². The molecule has 2 fully saturated rings. The predicted molar refractivity (Wildman–Crippen MR) is 48.5 cm³/mol. The van der Waals surface area contributed by atoms with E-state index in [1.54, 1.807) is 0 Å². The molecule has 2 heterocycles. The Hall–Kier alpha value is -1.10. The van der Waals surface area contributed by atoms with Gasteiger partial charge >= 0.3 is 0 Å². The molecule has 78 valence electrons. The van der Waals surface area contributed by atoms with E-state index >= 15 is 0 Å². The number of ether oxygens (including phenoxy) is 1.